The number of hydrogen-bond acceptors (Lipinski definition) is 6. The van der Waals surface area contributed by atoms with Crippen LogP contribution in [0, 0.1) is 24.2 Å². The van der Waals surface area contributed by atoms with Gasteiger partial charge in [0.1, 0.15) is 11.3 Å². The summed E-state index contributed by atoms with van der Waals surface area (Å²) in [5.74, 6) is 5.95. The second kappa shape index (κ2) is 10.2. The van der Waals surface area contributed by atoms with Gasteiger partial charge >= 0.3 is 6.18 Å². The number of pyridine rings is 2. The maximum atomic E-state index is 14.0. The molecule has 0 atom stereocenters. The van der Waals surface area contributed by atoms with Gasteiger partial charge in [-0.1, -0.05) is 24.0 Å². The van der Waals surface area contributed by atoms with Crippen molar-refractivity contribution in [2.45, 2.75) is 19.6 Å². The van der Waals surface area contributed by atoms with Gasteiger partial charge in [0.05, 0.1) is 11.1 Å². The van der Waals surface area contributed by atoms with Crippen molar-refractivity contribution in [2.75, 3.05) is 37.2 Å². The molecule has 2 aliphatic rings. The average molecular weight is 557 g/mol. The smallest absolute Gasteiger partial charge is 0.382 e. The van der Waals surface area contributed by atoms with Gasteiger partial charge in [-0.2, -0.15) is 13.2 Å². The summed E-state index contributed by atoms with van der Waals surface area (Å²) in [5.41, 5.74) is 8.60. The lowest BCUT2D eigenvalue weighted by molar-refractivity contribution is -0.139. The van der Waals surface area contributed by atoms with E-state index in [1.807, 2.05) is 17.9 Å². The zero-order valence-electron chi connectivity index (χ0n) is 22.3. The second-order valence-electron chi connectivity index (χ2n) is 10.8. The van der Waals surface area contributed by atoms with Gasteiger partial charge in [0, 0.05) is 72.7 Å². The standard InChI is InChI=1S/C31H27F3N6O/c1-19-4-5-21(11-20(19)6-7-22-13-38-28(35)27-25(22)3-2-10-37-27)29(41)39-24-9-8-23(26(12-24)31(32,33)34)14-40-17-30(18-40)15-36-16-30/h2-5,8-13,36H,14-18H2,1H3,(H2,35,38)(H,39,41). The van der Waals surface area contributed by atoms with E-state index in [2.05, 4.69) is 32.4 Å². The Morgan fingerprint density at radius 2 is 1.88 bits per heavy atom. The molecule has 4 N–H and O–H groups in total. The van der Waals surface area contributed by atoms with Crippen LogP contribution in [0.5, 0.6) is 0 Å². The Morgan fingerprint density at radius 1 is 1.10 bits per heavy atom. The van der Waals surface area contributed by atoms with Gasteiger partial charge in [-0.15, -0.1) is 0 Å². The third kappa shape index (κ3) is 5.34. The number of halogens is 3. The predicted octanol–water partition coefficient (Wildman–Crippen LogP) is 4.60. The monoisotopic (exact) mass is 556 g/mol. The summed E-state index contributed by atoms with van der Waals surface area (Å²) in [7, 11) is 0. The lowest BCUT2D eigenvalue weighted by Crippen LogP contribution is -2.70. The highest BCUT2D eigenvalue weighted by molar-refractivity contribution is 6.04. The lowest BCUT2D eigenvalue weighted by atomic mass is 9.74. The van der Waals surface area contributed by atoms with E-state index in [0.717, 1.165) is 43.2 Å². The molecular weight excluding hydrogens is 529 g/mol. The van der Waals surface area contributed by atoms with Crippen molar-refractivity contribution < 1.29 is 18.0 Å². The number of nitrogens with zero attached hydrogens (tertiary/aromatic N) is 3. The number of nitrogen functional groups attached to an aromatic ring is 1. The third-order valence-corrected chi connectivity index (χ3v) is 7.69. The molecule has 2 saturated heterocycles. The van der Waals surface area contributed by atoms with Gasteiger partial charge < -0.3 is 16.4 Å². The first-order valence-corrected chi connectivity index (χ1v) is 13.2. The summed E-state index contributed by atoms with van der Waals surface area (Å²) in [5, 5.41) is 6.61. The first-order chi connectivity index (χ1) is 19.6. The fraction of sp³-hybridized carbons (Fsp3) is 0.258. The lowest BCUT2D eigenvalue weighted by Gasteiger charge is -2.56. The first-order valence-electron chi connectivity index (χ1n) is 13.2. The summed E-state index contributed by atoms with van der Waals surface area (Å²) in [4.78, 5) is 23.5. The van der Waals surface area contributed by atoms with E-state index in [0.29, 0.717) is 22.5 Å². The number of aryl methyl sites for hydroxylation is 1. The van der Waals surface area contributed by atoms with Crippen LogP contribution in [0.3, 0.4) is 0 Å². The van der Waals surface area contributed by atoms with Crippen molar-refractivity contribution >= 4 is 28.3 Å². The summed E-state index contributed by atoms with van der Waals surface area (Å²) in [6.45, 7) is 5.49. The minimum Gasteiger partial charge on any atom is -0.382 e. The van der Waals surface area contributed by atoms with Crippen molar-refractivity contribution in [1.29, 1.82) is 0 Å². The van der Waals surface area contributed by atoms with Gasteiger partial charge in [-0.05, 0) is 54.4 Å². The molecule has 2 aromatic heterocycles. The predicted molar refractivity (Wildman–Crippen MR) is 151 cm³/mol. The number of nitrogens with two attached hydrogens (primary N) is 1. The number of rotatable bonds is 4. The Kier molecular flexibility index (Phi) is 6.64. The molecular formula is C31H27F3N6O. The van der Waals surface area contributed by atoms with Crippen LogP contribution in [-0.2, 0) is 12.7 Å². The summed E-state index contributed by atoms with van der Waals surface area (Å²) in [6.07, 6.45) is -1.34. The largest absolute Gasteiger partial charge is 0.416 e. The number of nitrogens with one attached hydrogen (secondary N) is 2. The SMILES string of the molecule is Cc1ccc(C(=O)Nc2ccc(CN3CC4(CNC4)C3)c(C(F)(F)F)c2)cc1C#Cc1cnc(N)c2ncccc12. The molecule has 208 valence electrons. The van der Waals surface area contributed by atoms with Gasteiger partial charge in [-0.3, -0.25) is 14.7 Å². The minimum absolute atomic E-state index is 0.0782. The summed E-state index contributed by atoms with van der Waals surface area (Å²) < 4.78 is 41.9. The van der Waals surface area contributed by atoms with Crippen LogP contribution in [0.1, 0.15) is 38.2 Å². The third-order valence-electron chi connectivity index (χ3n) is 7.69. The number of aromatic nitrogens is 2. The Hall–Kier alpha value is -4.46. The maximum absolute atomic E-state index is 14.0. The van der Waals surface area contributed by atoms with E-state index in [1.165, 1.54) is 12.1 Å². The highest BCUT2D eigenvalue weighted by Crippen LogP contribution is 2.38. The Labute approximate surface area is 235 Å². The Bertz CT molecular complexity index is 1730. The molecule has 10 heteroatoms. The summed E-state index contributed by atoms with van der Waals surface area (Å²) in [6, 6.07) is 12.6. The normalized spacial score (nSPS) is 16.0. The van der Waals surface area contributed by atoms with E-state index in [-0.39, 0.29) is 28.8 Å². The molecule has 2 fully saturated rings. The van der Waals surface area contributed by atoms with E-state index in [1.54, 1.807) is 36.7 Å². The van der Waals surface area contributed by atoms with Crippen molar-refractivity contribution in [2.24, 2.45) is 5.41 Å². The van der Waals surface area contributed by atoms with E-state index >= 15 is 0 Å². The topological polar surface area (TPSA) is 96.2 Å². The zero-order chi connectivity index (χ0) is 28.8. The molecule has 0 bridgehead atoms. The number of likely N-dealkylation sites (tertiary alicyclic amines) is 1. The van der Waals surface area contributed by atoms with Crippen molar-refractivity contribution in [3.8, 4) is 11.8 Å². The number of fused-ring (bicyclic) bond motifs is 1. The number of anilines is 2. The number of hydrogen-bond donors (Lipinski definition) is 3. The number of carbonyl (C=O) groups excluding carboxylic acids is 1. The Morgan fingerprint density at radius 3 is 2.61 bits per heavy atom. The number of benzene rings is 2. The highest BCUT2D eigenvalue weighted by atomic mass is 19.4. The number of carbonyl (C=O) groups is 1. The maximum Gasteiger partial charge on any atom is 0.416 e. The minimum atomic E-state index is -4.54. The van der Waals surface area contributed by atoms with E-state index in [9.17, 15) is 18.0 Å². The van der Waals surface area contributed by atoms with Crippen LogP contribution < -0.4 is 16.4 Å². The van der Waals surface area contributed by atoms with Gasteiger partial charge in [-0.25, -0.2) is 4.98 Å². The zero-order valence-corrected chi connectivity index (χ0v) is 22.3. The van der Waals surface area contributed by atoms with Crippen molar-refractivity contribution in [3.05, 3.63) is 94.3 Å². The molecule has 1 amide bonds. The molecule has 2 aromatic carbocycles. The van der Waals surface area contributed by atoms with Crippen molar-refractivity contribution in [3.63, 3.8) is 0 Å². The summed E-state index contributed by atoms with van der Waals surface area (Å²) >= 11 is 0. The molecule has 41 heavy (non-hydrogen) atoms. The molecule has 0 unspecified atom stereocenters. The van der Waals surface area contributed by atoms with Gasteiger partial charge in [0.15, 0.2) is 0 Å². The van der Waals surface area contributed by atoms with E-state index < -0.39 is 17.6 Å². The molecule has 0 saturated carbocycles. The number of amides is 1. The number of alkyl halides is 3. The fourth-order valence-corrected chi connectivity index (χ4v) is 5.44. The molecule has 7 nitrogen and oxygen atoms in total. The van der Waals surface area contributed by atoms with Crippen molar-refractivity contribution in [1.82, 2.24) is 20.2 Å². The average Bonchev–Trinajstić information content (AvgIpc) is 2.90. The van der Waals surface area contributed by atoms with Crippen LogP contribution in [0.15, 0.2) is 60.9 Å². The molecule has 0 aliphatic carbocycles. The molecule has 0 radical (unpaired) electrons. The molecule has 2 aliphatic heterocycles. The molecule has 1 spiro atoms. The van der Waals surface area contributed by atoms with Crippen LogP contribution in [0.2, 0.25) is 0 Å². The Balaban J connectivity index is 1.21. The van der Waals surface area contributed by atoms with Crippen LogP contribution >= 0.6 is 0 Å². The fourth-order valence-electron chi connectivity index (χ4n) is 5.44. The highest BCUT2D eigenvalue weighted by Gasteiger charge is 2.47. The molecule has 6 rings (SSSR count). The molecule has 4 heterocycles. The van der Waals surface area contributed by atoms with Crippen LogP contribution in [0.25, 0.3) is 10.9 Å². The van der Waals surface area contributed by atoms with Gasteiger partial charge in [0.25, 0.3) is 5.91 Å². The van der Waals surface area contributed by atoms with Crippen LogP contribution in [-0.4, -0.2) is 47.0 Å². The first kappa shape index (κ1) is 26.7. The van der Waals surface area contributed by atoms with Gasteiger partial charge in [0.2, 0.25) is 0 Å². The van der Waals surface area contributed by atoms with E-state index in [4.69, 9.17) is 5.73 Å². The molecule has 4 aromatic rings. The second-order valence-corrected chi connectivity index (χ2v) is 10.8. The quantitative estimate of drug-likeness (QED) is 0.318. The van der Waals surface area contributed by atoms with Crippen LogP contribution in [0.4, 0.5) is 24.7 Å².